The Balaban J connectivity index is 1.83. The Bertz CT molecular complexity index is 1440. The third-order valence-electron chi connectivity index (χ3n) is 6.34. The van der Waals surface area contributed by atoms with Gasteiger partial charge in [-0.1, -0.05) is 30.3 Å². The number of nitrogens with two attached hydrogens (primary N) is 1. The van der Waals surface area contributed by atoms with Crippen molar-refractivity contribution in [3.63, 3.8) is 0 Å². The van der Waals surface area contributed by atoms with E-state index in [1.807, 2.05) is 25.1 Å². The van der Waals surface area contributed by atoms with Crippen LogP contribution in [0.25, 0.3) is 11.3 Å². The number of para-hydroxylation sites is 1. The molecule has 0 bridgehead atoms. The van der Waals surface area contributed by atoms with E-state index >= 15 is 0 Å². The van der Waals surface area contributed by atoms with E-state index < -0.39 is 16.1 Å². The highest BCUT2D eigenvalue weighted by atomic mass is 32.2. The Hall–Kier alpha value is -3.30. The minimum Gasteiger partial charge on any atom is -0.324 e. The normalized spacial score (nSPS) is 14.4. The lowest BCUT2D eigenvalue weighted by Crippen LogP contribution is -2.37. The Kier molecular flexibility index (Phi) is 6.42. The first-order valence-corrected chi connectivity index (χ1v) is 12.8. The van der Waals surface area contributed by atoms with Crippen molar-refractivity contribution in [2.75, 3.05) is 5.32 Å². The molecule has 178 valence electrons. The van der Waals surface area contributed by atoms with Crippen LogP contribution in [0, 0.1) is 13.8 Å². The van der Waals surface area contributed by atoms with E-state index in [4.69, 9.17) is 5.14 Å². The molecule has 0 unspecified atom stereocenters. The number of aromatic nitrogens is 2. The van der Waals surface area contributed by atoms with Crippen molar-refractivity contribution in [1.29, 1.82) is 0 Å². The fourth-order valence-electron chi connectivity index (χ4n) is 4.36. The van der Waals surface area contributed by atoms with Crippen LogP contribution >= 0.6 is 0 Å². The molecule has 1 atom stereocenters. The highest BCUT2D eigenvalue weighted by molar-refractivity contribution is 7.89. The molecule has 1 aliphatic rings. The zero-order valence-corrected chi connectivity index (χ0v) is 20.3. The van der Waals surface area contributed by atoms with Gasteiger partial charge in [-0.2, -0.15) is 5.10 Å². The van der Waals surface area contributed by atoms with Crippen LogP contribution in [0.3, 0.4) is 0 Å². The van der Waals surface area contributed by atoms with Crippen LogP contribution in [0.1, 0.15) is 48.1 Å². The Morgan fingerprint density at radius 3 is 2.41 bits per heavy atom. The fourth-order valence-corrected chi connectivity index (χ4v) is 5.17. The van der Waals surface area contributed by atoms with Gasteiger partial charge >= 0.3 is 0 Å². The molecule has 1 heterocycles. The van der Waals surface area contributed by atoms with Gasteiger partial charge in [0.2, 0.25) is 15.9 Å². The first-order valence-electron chi connectivity index (χ1n) is 11.2. The van der Waals surface area contributed by atoms with Gasteiger partial charge in [-0.3, -0.25) is 9.59 Å². The summed E-state index contributed by atoms with van der Waals surface area (Å²) in [5.74, 6) is -0.361. The number of fused-ring (bicyclic) bond motifs is 1. The number of rotatable bonds is 5. The summed E-state index contributed by atoms with van der Waals surface area (Å²) < 4.78 is 25.4. The summed E-state index contributed by atoms with van der Waals surface area (Å²) in [5.41, 5.74) is 4.31. The minimum absolute atomic E-state index is 0.0134. The van der Waals surface area contributed by atoms with Crippen LogP contribution < -0.4 is 16.0 Å². The second kappa shape index (κ2) is 9.15. The average molecular weight is 481 g/mol. The lowest BCUT2D eigenvalue weighted by Gasteiger charge is -2.23. The van der Waals surface area contributed by atoms with Gasteiger partial charge in [-0.25, -0.2) is 18.2 Å². The molecule has 0 saturated heterocycles. The van der Waals surface area contributed by atoms with Crippen molar-refractivity contribution in [2.45, 2.75) is 57.4 Å². The minimum atomic E-state index is -3.93. The zero-order chi connectivity index (χ0) is 24.6. The van der Waals surface area contributed by atoms with Gasteiger partial charge in [0.25, 0.3) is 5.56 Å². The summed E-state index contributed by atoms with van der Waals surface area (Å²) in [5, 5.41) is 12.9. The largest absolute Gasteiger partial charge is 0.324 e. The number of benzene rings is 2. The van der Waals surface area contributed by atoms with Gasteiger partial charge in [0.15, 0.2) is 0 Å². The number of carbonyl (C=O) groups excluding carboxylic acids is 1. The molecule has 3 aromatic rings. The third-order valence-corrected chi connectivity index (χ3v) is 7.40. The van der Waals surface area contributed by atoms with E-state index in [2.05, 4.69) is 10.4 Å². The van der Waals surface area contributed by atoms with Crippen molar-refractivity contribution in [3.05, 3.63) is 75.1 Å². The number of anilines is 1. The molecule has 9 heteroatoms. The summed E-state index contributed by atoms with van der Waals surface area (Å²) in [4.78, 5) is 26.4. The topological polar surface area (TPSA) is 124 Å². The van der Waals surface area contributed by atoms with Crippen LogP contribution in [-0.2, 0) is 27.7 Å². The zero-order valence-electron chi connectivity index (χ0n) is 19.5. The third kappa shape index (κ3) is 4.53. The van der Waals surface area contributed by atoms with Gasteiger partial charge in [0, 0.05) is 16.8 Å². The lowest BCUT2D eigenvalue weighted by atomic mass is 9.89. The van der Waals surface area contributed by atoms with Crippen LogP contribution in [-0.4, -0.2) is 24.1 Å². The fraction of sp³-hybridized carbons (Fsp3) is 0.320. The molecule has 0 radical (unpaired) electrons. The van der Waals surface area contributed by atoms with Crippen LogP contribution in [0.4, 0.5) is 5.69 Å². The predicted octanol–water partition coefficient (Wildman–Crippen LogP) is 3.25. The molecular formula is C25H28N4O4S. The van der Waals surface area contributed by atoms with E-state index in [-0.39, 0.29) is 16.4 Å². The number of primary sulfonamides is 1. The monoisotopic (exact) mass is 480 g/mol. The number of sulfonamides is 1. The predicted molar refractivity (Wildman–Crippen MR) is 131 cm³/mol. The van der Waals surface area contributed by atoms with Crippen LogP contribution in [0.5, 0.6) is 0 Å². The molecule has 0 spiro atoms. The van der Waals surface area contributed by atoms with Crippen molar-refractivity contribution < 1.29 is 13.2 Å². The maximum Gasteiger partial charge on any atom is 0.271 e. The second-order valence-corrected chi connectivity index (χ2v) is 10.3. The molecule has 4 rings (SSSR count). The Morgan fingerprint density at radius 1 is 1.06 bits per heavy atom. The summed E-state index contributed by atoms with van der Waals surface area (Å²) in [6.45, 7) is 5.19. The van der Waals surface area contributed by atoms with E-state index in [0.29, 0.717) is 40.9 Å². The molecule has 0 saturated carbocycles. The number of amides is 1. The molecule has 1 amide bonds. The summed E-state index contributed by atoms with van der Waals surface area (Å²) in [7, 11) is -3.93. The van der Waals surface area contributed by atoms with Gasteiger partial charge in [0.05, 0.1) is 10.6 Å². The molecule has 0 aliphatic heterocycles. The second-order valence-electron chi connectivity index (χ2n) is 8.77. The standard InChI is InChI=1S/C25H28N4O4S/c1-15-8-4-7-11-21(15)27-24(30)17(3)29-25(31)20-10-6-5-9-19(20)23(28-29)18-13-12-16(2)22(14-18)34(26,32)33/h4,7-8,11-14,17H,5-6,9-10H2,1-3H3,(H,27,30)(H2,26,32,33)/t17-/m1/s1. The Morgan fingerprint density at radius 2 is 1.74 bits per heavy atom. The summed E-state index contributed by atoms with van der Waals surface area (Å²) >= 11 is 0. The lowest BCUT2D eigenvalue weighted by molar-refractivity contribution is -0.119. The average Bonchev–Trinajstić information content (AvgIpc) is 2.80. The number of carbonyl (C=O) groups is 1. The number of nitrogens with one attached hydrogen (secondary N) is 1. The Labute approximate surface area is 198 Å². The van der Waals surface area contributed by atoms with E-state index in [9.17, 15) is 18.0 Å². The molecule has 8 nitrogen and oxygen atoms in total. The maximum atomic E-state index is 13.3. The summed E-state index contributed by atoms with van der Waals surface area (Å²) in [6.07, 6.45) is 3.02. The number of hydrogen-bond acceptors (Lipinski definition) is 5. The first-order chi connectivity index (χ1) is 16.1. The van der Waals surface area contributed by atoms with E-state index in [1.165, 1.54) is 10.7 Å². The van der Waals surface area contributed by atoms with E-state index in [0.717, 1.165) is 24.0 Å². The molecule has 3 N–H and O–H groups in total. The first kappa shape index (κ1) is 23.8. The molecule has 1 aromatic heterocycles. The highest BCUT2D eigenvalue weighted by Gasteiger charge is 2.26. The van der Waals surface area contributed by atoms with Crippen LogP contribution in [0.15, 0.2) is 52.2 Å². The van der Waals surface area contributed by atoms with Gasteiger partial charge in [-0.15, -0.1) is 0 Å². The maximum absolute atomic E-state index is 13.3. The van der Waals surface area contributed by atoms with Gasteiger partial charge < -0.3 is 5.32 Å². The quantitative estimate of drug-likeness (QED) is 0.580. The number of aryl methyl sites for hydroxylation is 2. The summed E-state index contributed by atoms with van der Waals surface area (Å²) in [6, 6.07) is 11.5. The van der Waals surface area contributed by atoms with E-state index in [1.54, 1.807) is 32.0 Å². The van der Waals surface area contributed by atoms with Crippen LogP contribution in [0.2, 0.25) is 0 Å². The number of hydrogen-bond donors (Lipinski definition) is 2. The molecule has 34 heavy (non-hydrogen) atoms. The SMILES string of the molecule is Cc1ccccc1NC(=O)[C@@H](C)n1nc(-c2ccc(C)c(S(N)(=O)=O)c2)c2c(c1=O)CCCC2. The smallest absolute Gasteiger partial charge is 0.271 e. The van der Waals surface area contributed by atoms with Crippen molar-refractivity contribution >= 4 is 21.6 Å². The van der Waals surface area contributed by atoms with Gasteiger partial charge in [0.1, 0.15) is 6.04 Å². The highest BCUT2D eigenvalue weighted by Crippen LogP contribution is 2.31. The van der Waals surface area contributed by atoms with Crippen molar-refractivity contribution in [1.82, 2.24) is 9.78 Å². The molecular weight excluding hydrogens is 452 g/mol. The molecule has 1 aliphatic carbocycles. The molecule has 0 fully saturated rings. The van der Waals surface area contributed by atoms with Gasteiger partial charge in [-0.05, 0) is 75.3 Å². The van der Waals surface area contributed by atoms with Crippen molar-refractivity contribution in [3.8, 4) is 11.3 Å². The molecule has 2 aromatic carbocycles. The number of nitrogens with zero attached hydrogens (tertiary/aromatic N) is 2. The van der Waals surface area contributed by atoms with Crippen molar-refractivity contribution in [2.24, 2.45) is 5.14 Å².